The lowest BCUT2D eigenvalue weighted by atomic mass is 9.91. The number of ether oxygens (including phenoxy) is 1. The highest BCUT2D eigenvalue weighted by Gasteiger charge is 2.43. The highest BCUT2D eigenvalue weighted by Crippen LogP contribution is 2.47. The minimum Gasteiger partial charge on any atom is -0.481 e. The second-order valence-corrected chi connectivity index (χ2v) is 7.93. The van der Waals surface area contributed by atoms with E-state index in [0.717, 1.165) is 5.56 Å². The molecule has 2 N–H and O–H groups in total. The summed E-state index contributed by atoms with van der Waals surface area (Å²) in [6, 6.07) is 9.69. The number of fused-ring (bicyclic) bond motifs is 2. The van der Waals surface area contributed by atoms with Gasteiger partial charge in [0.25, 0.3) is 11.6 Å². The number of amides is 3. The van der Waals surface area contributed by atoms with Crippen molar-refractivity contribution in [1.29, 1.82) is 0 Å². The van der Waals surface area contributed by atoms with Gasteiger partial charge < -0.3 is 20.3 Å². The van der Waals surface area contributed by atoms with Gasteiger partial charge in [-0.25, -0.2) is 4.79 Å². The molecule has 9 heteroatoms. The van der Waals surface area contributed by atoms with Gasteiger partial charge in [0, 0.05) is 24.2 Å². The summed E-state index contributed by atoms with van der Waals surface area (Å²) in [5, 5.41) is 16.9. The molecule has 0 spiro atoms. The van der Waals surface area contributed by atoms with Gasteiger partial charge in [-0.2, -0.15) is 0 Å². The molecule has 3 amide bonds. The lowest BCUT2D eigenvalue weighted by Gasteiger charge is -2.39. The van der Waals surface area contributed by atoms with Crippen LogP contribution >= 0.6 is 0 Å². The number of nitrogens with zero attached hydrogens (tertiary/aromatic N) is 2. The number of hydrogen-bond donors (Lipinski definition) is 2. The summed E-state index contributed by atoms with van der Waals surface area (Å²) in [4.78, 5) is 38.3. The Bertz CT molecular complexity index is 1170. The summed E-state index contributed by atoms with van der Waals surface area (Å²) >= 11 is 0. The van der Waals surface area contributed by atoms with E-state index in [4.69, 9.17) is 4.74 Å². The number of nitro benzene ring substituents is 1. The van der Waals surface area contributed by atoms with Crippen LogP contribution in [-0.2, 0) is 6.54 Å². The van der Waals surface area contributed by atoms with E-state index in [1.807, 2.05) is 12.1 Å². The number of nitrogens with one attached hydrogen (secondary N) is 2. The molecule has 0 saturated heterocycles. The van der Waals surface area contributed by atoms with Crippen LogP contribution in [0.25, 0.3) is 5.70 Å². The van der Waals surface area contributed by atoms with Crippen molar-refractivity contribution in [2.24, 2.45) is 0 Å². The summed E-state index contributed by atoms with van der Waals surface area (Å²) in [5.41, 5.74) is 1.82. The molecular formula is C22H22N4O5. The van der Waals surface area contributed by atoms with Gasteiger partial charge in [0.15, 0.2) is 0 Å². The number of urea groups is 1. The Kier molecular flexibility index (Phi) is 4.68. The standard InChI is InChI=1S/C22H22N4O5/c1-12-15(26(29)30)9-10-16-17(12)18(19(22(2,3)31-16)24-21(28)23-4)25-11-13-7-5-6-8-14(13)20(25)27/h5-10H,11H2,1-4H3,(H2,23,24,28). The lowest BCUT2D eigenvalue weighted by molar-refractivity contribution is -0.385. The molecule has 0 aromatic heterocycles. The molecule has 160 valence electrons. The normalized spacial score (nSPS) is 16.4. The summed E-state index contributed by atoms with van der Waals surface area (Å²) in [7, 11) is 1.48. The summed E-state index contributed by atoms with van der Waals surface area (Å²) < 4.78 is 6.13. The molecule has 0 bridgehead atoms. The highest BCUT2D eigenvalue weighted by atomic mass is 16.6. The smallest absolute Gasteiger partial charge is 0.318 e. The van der Waals surface area contributed by atoms with Crippen molar-refractivity contribution in [3.63, 3.8) is 0 Å². The van der Waals surface area contributed by atoms with Crippen LogP contribution in [0.15, 0.2) is 42.1 Å². The van der Waals surface area contributed by atoms with Crippen LogP contribution in [0.4, 0.5) is 10.5 Å². The van der Waals surface area contributed by atoms with E-state index in [2.05, 4.69) is 10.6 Å². The number of rotatable bonds is 3. The zero-order valence-electron chi connectivity index (χ0n) is 17.6. The predicted molar refractivity (Wildman–Crippen MR) is 113 cm³/mol. The fourth-order valence-electron chi connectivity index (χ4n) is 4.08. The topological polar surface area (TPSA) is 114 Å². The summed E-state index contributed by atoms with van der Waals surface area (Å²) in [5.74, 6) is 0.172. The van der Waals surface area contributed by atoms with Crippen LogP contribution < -0.4 is 15.4 Å². The van der Waals surface area contributed by atoms with Crippen molar-refractivity contribution >= 4 is 23.3 Å². The zero-order chi connectivity index (χ0) is 22.5. The van der Waals surface area contributed by atoms with Crippen molar-refractivity contribution < 1.29 is 19.2 Å². The number of hydrogen-bond acceptors (Lipinski definition) is 5. The van der Waals surface area contributed by atoms with Gasteiger partial charge >= 0.3 is 6.03 Å². The first-order valence-corrected chi connectivity index (χ1v) is 9.76. The highest BCUT2D eigenvalue weighted by molar-refractivity contribution is 6.05. The molecule has 0 unspecified atom stereocenters. The van der Waals surface area contributed by atoms with Crippen LogP contribution in [-0.4, -0.2) is 34.4 Å². The molecule has 2 aliphatic heterocycles. The van der Waals surface area contributed by atoms with Gasteiger partial charge in [-0.1, -0.05) is 18.2 Å². The quantitative estimate of drug-likeness (QED) is 0.582. The summed E-state index contributed by atoms with van der Waals surface area (Å²) in [6.07, 6.45) is 0. The number of benzene rings is 2. The second-order valence-electron chi connectivity index (χ2n) is 7.93. The molecule has 0 atom stereocenters. The van der Waals surface area contributed by atoms with E-state index < -0.39 is 16.6 Å². The third-order valence-electron chi connectivity index (χ3n) is 5.59. The van der Waals surface area contributed by atoms with Crippen LogP contribution in [0.3, 0.4) is 0 Å². The molecule has 0 saturated carbocycles. The maximum absolute atomic E-state index is 13.3. The van der Waals surface area contributed by atoms with Crippen molar-refractivity contribution in [3.8, 4) is 5.75 Å². The number of nitro groups is 1. The van der Waals surface area contributed by atoms with Gasteiger partial charge in [-0.3, -0.25) is 14.9 Å². The van der Waals surface area contributed by atoms with Crippen LogP contribution in [0.2, 0.25) is 0 Å². The van der Waals surface area contributed by atoms with E-state index in [1.165, 1.54) is 19.2 Å². The molecule has 2 aromatic carbocycles. The molecule has 2 aliphatic rings. The van der Waals surface area contributed by atoms with Gasteiger partial charge in [0.1, 0.15) is 11.4 Å². The average molecular weight is 422 g/mol. The molecular weight excluding hydrogens is 400 g/mol. The van der Waals surface area contributed by atoms with Gasteiger partial charge in [0.2, 0.25) is 0 Å². The van der Waals surface area contributed by atoms with E-state index >= 15 is 0 Å². The maximum atomic E-state index is 13.3. The summed E-state index contributed by atoms with van der Waals surface area (Å²) in [6.45, 7) is 5.43. The van der Waals surface area contributed by atoms with E-state index in [-0.39, 0.29) is 18.1 Å². The fraction of sp³-hybridized carbons (Fsp3) is 0.273. The Morgan fingerprint density at radius 2 is 1.94 bits per heavy atom. The minimum atomic E-state index is -1.01. The fourth-order valence-corrected chi connectivity index (χ4v) is 4.08. The Labute approximate surface area is 178 Å². The Morgan fingerprint density at radius 1 is 1.23 bits per heavy atom. The largest absolute Gasteiger partial charge is 0.481 e. The molecule has 2 aromatic rings. The molecule has 0 fully saturated rings. The molecule has 4 rings (SSSR count). The Morgan fingerprint density at radius 3 is 2.58 bits per heavy atom. The predicted octanol–water partition coefficient (Wildman–Crippen LogP) is 3.33. The van der Waals surface area contributed by atoms with Crippen LogP contribution in [0, 0.1) is 17.0 Å². The maximum Gasteiger partial charge on any atom is 0.318 e. The molecule has 0 aliphatic carbocycles. The van der Waals surface area contributed by atoms with Crippen molar-refractivity contribution in [3.05, 3.63) is 74.5 Å². The van der Waals surface area contributed by atoms with E-state index in [1.54, 1.807) is 37.8 Å². The third kappa shape index (κ3) is 3.18. The SMILES string of the molecule is CNC(=O)NC1=C(N2Cc3ccccc3C2=O)c2c(ccc([N+](=O)[O-])c2C)OC1(C)C. The molecule has 0 radical (unpaired) electrons. The van der Waals surface area contributed by atoms with E-state index in [0.29, 0.717) is 33.8 Å². The first-order valence-electron chi connectivity index (χ1n) is 9.76. The Hall–Kier alpha value is -3.88. The van der Waals surface area contributed by atoms with Crippen LogP contribution in [0.1, 0.15) is 40.9 Å². The Balaban J connectivity index is 2.01. The van der Waals surface area contributed by atoms with Crippen molar-refractivity contribution in [1.82, 2.24) is 15.5 Å². The lowest BCUT2D eigenvalue weighted by Crippen LogP contribution is -2.48. The van der Waals surface area contributed by atoms with E-state index in [9.17, 15) is 19.7 Å². The average Bonchev–Trinajstić information content (AvgIpc) is 3.05. The van der Waals surface area contributed by atoms with Gasteiger partial charge in [-0.05, 0) is 38.5 Å². The van der Waals surface area contributed by atoms with Crippen molar-refractivity contribution in [2.75, 3.05) is 7.05 Å². The second kappa shape index (κ2) is 7.12. The molecule has 9 nitrogen and oxygen atoms in total. The molecule has 31 heavy (non-hydrogen) atoms. The van der Waals surface area contributed by atoms with Crippen molar-refractivity contribution in [2.45, 2.75) is 32.9 Å². The van der Waals surface area contributed by atoms with Crippen LogP contribution in [0.5, 0.6) is 5.75 Å². The number of carbonyl (C=O) groups excluding carboxylic acids is 2. The minimum absolute atomic E-state index is 0.0944. The number of carbonyl (C=O) groups is 2. The third-order valence-corrected chi connectivity index (χ3v) is 5.59. The monoisotopic (exact) mass is 422 g/mol. The first-order chi connectivity index (χ1) is 14.7. The molecule has 2 heterocycles. The zero-order valence-corrected chi connectivity index (χ0v) is 17.6. The van der Waals surface area contributed by atoms with Gasteiger partial charge in [-0.15, -0.1) is 0 Å². The first kappa shape index (κ1) is 20.4. The van der Waals surface area contributed by atoms with Gasteiger partial charge in [0.05, 0.1) is 28.4 Å².